The molecule has 0 radical (unpaired) electrons. The summed E-state index contributed by atoms with van der Waals surface area (Å²) in [6.45, 7) is 1.37. The highest BCUT2D eigenvalue weighted by molar-refractivity contribution is 7.93. The zero-order valence-corrected chi connectivity index (χ0v) is 21.5. The minimum atomic E-state index is -4.70. The molecule has 0 amide bonds. The lowest BCUT2D eigenvalue weighted by Crippen LogP contribution is -2.29. The molecule has 0 unspecified atom stereocenters. The third-order valence-electron chi connectivity index (χ3n) is 5.52. The Morgan fingerprint density at radius 2 is 1.67 bits per heavy atom. The van der Waals surface area contributed by atoms with E-state index in [0.29, 0.717) is 6.20 Å². The number of para-hydroxylation sites is 1. The summed E-state index contributed by atoms with van der Waals surface area (Å²) in [7, 11) is -1.52. The largest absolute Gasteiger partial charge is 0.494 e. The van der Waals surface area contributed by atoms with E-state index in [1.165, 1.54) is 21.1 Å². The number of hydrogen-bond donors (Lipinski definition) is 1. The van der Waals surface area contributed by atoms with Gasteiger partial charge in [0, 0.05) is 24.4 Å². The molecule has 0 fully saturated rings. The number of benzene rings is 1. The van der Waals surface area contributed by atoms with Gasteiger partial charge in [-0.25, -0.2) is 22.8 Å². The molecular formula is C23H21F4N7O4S. The van der Waals surface area contributed by atoms with Crippen molar-refractivity contribution in [2.75, 3.05) is 18.9 Å². The highest BCUT2D eigenvalue weighted by Crippen LogP contribution is 2.38. The van der Waals surface area contributed by atoms with Gasteiger partial charge in [-0.3, -0.25) is 14.3 Å². The van der Waals surface area contributed by atoms with Crippen LogP contribution in [0, 0.1) is 5.82 Å². The molecule has 1 N–H and O–H groups in total. The van der Waals surface area contributed by atoms with E-state index in [1.54, 1.807) is 18.2 Å². The molecule has 0 aliphatic heterocycles. The van der Waals surface area contributed by atoms with Crippen molar-refractivity contribution in [1.82, 2.24) is 29.7 Å². The number of alkyl halides is 3. The fourth-order valence-electron chi connectivity index (χ4n) is 3.56. The molecule has 1 aromatic carbocycles. The molecule has 0 bridgehead atoms. The van der Waals surface area contributed by atoms with Gasteiger partial charge in [-0.15, -0.1) is 10.2 Å². The van der Waals surface area contributed by atoms with E-state index < -0.39 is 32.8 Å². The SMILES string of the molecule is COc1cccc(OC)c1-n1c(NS(=O)(=O)[C@H](C)Cc2ncc(F)cn2)nnc1-c1cncc(C(F)(F)F)c1. The highest BCUT2D eigenvalue weighted by atomic mass is 32.2. The number of nitrogens with one attached hydrogen (secondary N) is 1. The number of nitrogens with zero attached hydrogens (tertiary/aromatic N) is 6. The third-order valence-corrected chi connectivity index (χ3v) is 7.21. The Balaban J connectivity index is 1.84. The average Bonchev–Trinajstić information content (AvgIpc) is 3.31. The molecule has 39 heavy (non-hydrogen) atoms. The number of anilines is 1. The number of ether oxygens (including phenoxy) is 2. The first-order valence-electron chi connectivity index (χ1n) is 11.1. The summed E-state index contributed by atoms with van der Waals surface area (Å²) in [5.41, 5.74) is -1.03. The van der Waals surface area contributed by atoms with Crippen LogP contribution in [-0.4, -0.2) is 57.6 Å². The van der Waals surface area contributed by atoms with E-state index >= 15 is 0 Å². The first kappa shape index (κ1) is 27.7. The van der Waals surface area contributed by atoms with E-state index in [9.17, 15) is 26.0 Å². The van der Waals surface area contributed by atoms with Crippen molar-refractivity contribution in [3.05, 3.63) is 66.3 Å². The first-order valence-corrected chi connectivity index (χ1v) is 12.7. The second kappa shape index (κ2) is 10.8. The summed E-state index contributed by atoms with van der Waals surface area (Å²) in [6.07, 6.45) is -1.27. The topological polar surface area (TPSA) is 134 Å². The first-order chi connectivity index (χ1) is 18.4. The Kier molecular flexibility index (Phi) is 7.67. The minimum absolute atomic E-state index is 0.0814. The van der Waals surface area contributed by atoms with Gasteiger partial charge in [-0.1, -0.05) is 6.07 Å². The zero-order valence-electron chi connectivity index (χ0n) is 20.6. The molecule has 0 saturated carbocycles. The number of halogens is 4. The molecule has 3 aromatic heterocycles. The lowest BCUT2D eigenvalue weighted by molar-refractivity contribution is -0.137. The Morgan fingerprint density at radius 1 is 1.03 bits per heavy atom. The molecule has 0 saturated heterocycles. The van der Waals surface area contributed by atoms with Gasteiger partial charge in [-0.2, -0.15) is 13.2 Å². The Hall–Kier alpha value is -4.34. The van der Waals surface area contributed by atoms with Gasteiger partial charge in [0.05, 0.1) is 37.4 Å². The monoisotopic (exact) mass is 567 g/mol. The van der Waals surface area contributed by atoms with E-state index in [4.69, 9.17) is 9.47 Å². The predicted octanol–water partition coefficient (Wildman–Crippen LogP) is 3.67. The van der Waals surface area contributed by atoms with Gasteiger partial charge >= 0.3 is 6.18 Å². The molecule has 0 aliphatic carbocycles. The maximum absolute atomic E-state index is 13.4. The predicted molar refractivity (Wildman–Crippen MR) is 130 cm³/mol. The molecule has 0 aliphatic rings. The number of rotatable bonds is 9. The summed E-state index contributed by atoms with van der Waals surface area (Å²) < 4.78 is 94.2. The zero-order chi connectivity index (χ0) is 28.4. The molecule has 16 heteroatoms. The fourth-order valence-corrected chi connectivity index (χ4v) is 4.51. The van der Waals surface area contributed by atoms with Gasteiger partial charge in [-0.05, 0) is 25.1 Å². The summed E-state index contributed by atoms with van der Waals surface area (Å²) >= 11 is 0. The van der Waals surface area contributed by atoms with Crippen LogP contribution in [0.2, 0.25) is 0 Å². The smallest absolute Gasteiger partial charge is 0.417 e. The van der Waals surface area contributed by atoms with Crippen LogP contribution in [0.4, 0.5) is 23.5 Å². The van der Waals surface area contributed by atoms with E-state index in [-0.39, 0.29) is 46.8 Å². The highest BCUT2D eigenvalue weighted by Gasteiger charge is 2.33. The molecule has 0 spiro atoms. The average molecular weight is 568 g/mol. The maximum atomic E-state index is 13.4. The summed E-state index contributed by atoms with van der Waals surface area (Å²) in [4.78, 5) is 11.2. The van der Waals surface area contributed by atoms with Gasteiger partial charge in [0.15, 0.2) is 11.6 Å². The van der Waals surface area contributed by atoms with Crippen molar-refractivity contribution in [3.63, 3.8) is 0 Å². The van der Waals surface area contributed by atoms with Crippen molar-refractivity contribution >= 4 is 16.0 Å². The Bertz CT molecular complexity index is 1560. The van der Waals surface area contributed by atoms with Crippen LogP contribution in [-0.2, 0) is 22.6 Å². The number of sulfonamides is 1. The molecular weight excluding hydrogens is 546 g/mol. The number of pyridine rings is 1. The van der Waals surface area contributed by atoms with Crippen LogP contribution in [0.1, 0.15) is 18.3 Å². The summed E-state index contributed by atoms with van der Waals surface area (Å²) in [5.74, 6) is -0.770. The minimum Gasteiger partial charge on any atom is -0.494 e. The van der Waals surface area contributed by atoms with Gasteiger partial charge < -0.3 is 9.47 Å². The summed E-state index contributed by atoms with van der Waals surface area (Å²) in [5, 5.41) is 6.76. The van der Waals surface area contributed by atoms with Gasteiger partial charge in [0.25, 0.3) is 0 Å². The summed E-state index contributed by atoms with van der Waals surface area (Å²) in [6, 6.07) is 5.49. The fraction of sp³-hybridized carbons (Fsp3) is 0.261. The lowest BCUT2D eigenvalue weighted by atomic mass is 10.2. The van der Waals surface area contributed by atoms with Crippen molar-refractivity contribution in [2.24, 2.45) is 0 Å². The van der Waals surface area contributed by atoms with Crippen LogP contribution >= 0.6 is 0 Å². The van der Waals surface area contributed by atoms with Crippen LogP contribution in [0.3, 0.4) is 0 Å². The molecule has 4 aromatic rings. The second-order valence-electron chi connectivity index (χ2n) is 8.13. The molecule has 3 heterocycles. The lowest BCUT2D eigenvalue weighted by Gasteiger charge is -2.19. The van der Waals surface area contributed by atoms with E-state index in [2.05, 4.69) is 29.9 Å². The van der Waals surface area contributed by atoms with Crippen molar-refractivity contribution in [2.45, 2.75) is 24.8 Å². The van der Waals surface area contributed by atoms with Crippen molar-refractivity contribution < 1.29 is 35.5 Å². The van der Waals surface area contributed by atoms with Crippen LogP contribution in [0.25, 0.3) is 17.1 Å². The van der Waals surface area contributed by atoms with E-state index in [0.717, 1.165) is 29.2 Å². The Morgan fingerprint density at radius 3 is 2.26 bits per heavy atom. The van der Waals surface area contributed by atoms with Crippen molar-refractivity contribution in [3.8, 4) is 28.6 Å². The standard InChI is InChI=1S/C23H21F4N7O4S/c1-13(7-19-29-11-16(24)12-30-19)39(35,36)33-22-32-31-21(14-8-15(10-28-9-14)23(25,26)27)34(22)20-17(37-2)5-4-6-18(20)38-3/h4-6,8-13H,7H2,1-3H3,(H,32,33)/t13-/m1/s1. The number of methoxy groups -OCH3 is 2. The molecule has 4 rings (SSSR count). The Labute approximate surface area is 219 Å². The third kappa shape index (κ3) is 5.89. The number of hydrogen-bond acceptors (Lipinski definition) is 9. The quantitative estimate of drug-likeness (QED) is 0.301. The van der Waals surface area contributed by atoms with Gasteiger partial charge in [0.2, 0.25) is 16.0 Å². The molecule has 11 nitrogen and oxygen atoms in total. The van der Waals surface area contributed by atoms with Crippen LogP contribution < -0.4 is 14.2 Å². The van der Waals surface area contributed by atoms with Crippen molar-refractivity contribution in [1.29, 1.82) is 0 Å². The van der Waals surface area contributed by atoms with Crippen LogP contribution in [0.15, 0.2) is 49.1 Å². The van der Waals surface area contributed by atoms with E-state index in [1.807, 2.05) is 0 Å². The maximum Gasteiger partial charge on any atom is 0.417 e. The van der Waals surface area contributed by atoms with Gasteiger partial charge in [0.1, 0.15) is 23.0 Å². The second-order valence-corrected chi connectivity index (χ2v) is 10.2. The normalized spacial score (nSPS) is 12.7. The molecule has 1 atom stereocenters. The van der Waals surface area contributed by atoms with Crippen LogP contribution in [0.5, 0.6) is 11.5 Å². The molecule has 206 valence electrons. The number of aromatic nitrogens is 6.